The van der Waals surface area contributed by atoms with Crippen LogP contribution in [-0.2, 0) is 11.2 Å². The highest BCUT2D eigenvalue weighted by molar-refractivity contribution is 9.10. The van der Waals surface area contributed by atoms with Gasteiger partial charge >= 0.3 is 0 Å². The first-order chi connectivity index (χ1) is 15.5. The average molecular weight is 510 g/mol. The van der Waals surface area contributed by atoms with Crippen molar-refractivity contribution in [3.8, 4) is 5.75 Å². The Morgan fingerprint density at radius 1 is 1.16 bits per heavy atom. The second kappa shape index (κ2) is 13.0. The number of carbonyl (C=O) groups excluding carboxylic acids is 1. The Morgan fingerprint density at radius 2 is 1.88 bits per heavy atom. The van der Waals surface area contributed by atoms with Gasteiger partial charge in [-0.15, -0.1) is 0 Å². The lowest BCUT2D eigenvalue weighted by Gasteiger charge is -2.36. The number of likely N-dealkylation sites (N-methyl/N-ethyl adjacent to an activating group) is 1. The number of nitrogens with zero attached hydrogens (tertiary/aromatic N) is 2. The minimum Gasteiger partial charge on any atom is -0.497 e. The summed E-state index contributed by atoms with van der Waals surface area (Å²) in [5.74, 6) is 2.39. The Balaban J connectivity index is 1.32. The van der Waals surface area contributed by atoms with E-state index in [1.165, 1.54) is 68.2 Å². The van der Waals surface area contributed by atoms with E-state index in [-0.39, 0.29) is 12.5 Å². The molecule has 0 unspecified atom stereocenters. The van der Waals surface area contributed by atoms with Crippen LogP contribution in [0.2, 0.25) is 0 Å². The second-order valence-electron chi connectivity index (χ2n) is 9.60. The van der Waals surface area contributed by atoms with E-state index >= 15 is 0 Å². The van der Waals surface area contributed by atoms with Crippen molar-refractivity contribution in [1.82, 2.24) is 9.80 Å². The maximum atomic E-state index is 11.9. The van der Waals surface area contributed by atoms with Gasteiger partial charge in [-0.05, 0) is 120 Å². The van der Waals surface area contributed by atoms with Crippen molar-refractivity contribution in [2.24, 2.45) is 11.8 Å². The molecule has 0 spiro atoms. The number of hydrogen-bond donors (Lipinski definition) is 1. The topological polar surface area (TPSA) is 53.0 Å². The number of hydrogen-bond acceptors (Lipinski definition) is 4. The number of benzene rings is 1. The first-order valence-electron chi connectivity index (χ1n) is 12.5. The van der Waals surface area contributed by atoms with E-state index in [2.05, 4.69) is 33.0 Å². The summed E-state index contributed by atoms with van der Waals surface area (Å²) in [6, 6.07) is 6.61. The van der Waals surface area contributed by atoms with Crippen LogP contribution in [-0.4, -0.2) is 66.8 Å². The minimum absolute atomic E-state index is 0.113. The van der Waals surface area contributed by atoms with Crippen LogP contribution in [0, 0.1) is 11.8 Å². The van der Waals surface area contributed by atoms with Crippen LogP contribution in [0.15, 0.2) is 22.7 Å². The fourth-order valence-electron chi connectivity index (χ4n) is 5.64. The molecule has 2 fully saturated rings. The normalized spacial score (nSPS) is 22.6. The molecule has 1 N–H and O–H groups in total. The van der Waals surface area contributed by atoms with Gasteiger partial charge in [-0.3, -0.25) is 4.79 Å². The summed E-state index contributed by atoms with van der Waals surface area (Å²) in [5.41, 5.74) is 1.36. The molecule has 6 heteroatoms. The standard InChI is InChI=1S/C26H41BrN2O3/c1-3-29(26(31)19-30)23-8-6-20(7-9-23)5-4-14-28-15-12-21(13-16-28)17-22-18-24(32-2)10-11-25(22)27/h10-11,18,20-21,23,30H,3-9,12-17,19H2,1-2H3. The fourth-order valence-corrected chi connectivity index (χ4v) is 6.05. The third-order valence-electron chi connectivity index (χ3n) is 7.61. The van der Waals surface area contributed by atoms with Gasteiger partial charge in [-0.2, -0.15) is 0 Å². The highest BCUT2D eigenvalue weighted by Crippen LogP contribution is 2.32. The van der Waals surface area contributed by atoms with E-state index in [0.717, 1.165) is 36.8 Å². The zero-order valence-corrected chi connectivity index (χ0v) is 21.5. The van der Waals surface area contributed by atoms with Gasteiger partial charge in [-0.25, -0.2) is 0 Å². The van der Waals surface area contributed by atoms with Crippen LogP contribution in [0.25, 0.3) is 0 Å². The summed E-state index contributed by atoms with van der Waals surface area (Å²) in [5, 5.41) is 9.18. The van der Waals surface area contributed by atoms with Crippen molar-refractivity contribution < 1.29 is 14.6 Å². The maximum Gasteiger partial charge on any atom is 0.248 e. The molecule has 5 nitrogen and oxygen atoms in total. The molecule has 3 rings (SSSR count). The van der Waals surface area contributed by atoms with Gasteiger partial charge in [0.1, 0.15) is 12.4 Å². The van der Waals surface area contributed by atoms with Crippen molar-refractivity contribution in [2.45, 2.75) is 70.8 Å². The Kier molecular flexibility index (Phi) is 10.3. The molecule has 32 heavy (non-hydrogen) atoms. The highest BCUT2D eigenvalue weighted by atomic mass is 79.9. The summed E-state index contributed by atoms with van der Waals surface area (Å²) in [4.78, 5) is 16.4. The van der Waals surface area contributed by atoms with Crippen LogP contribution >= 0.6 is 15.9 Å². The van der Waals surface area contributed by atoms with Gasteiger partial charge < -0.3 is 19.6 Å². The third-order valence-corrected chi connectivity index (χ3v) is 8.38. The molecular formula is C26H41BrN2O3. The molecule has 1 aliphatic heterocycles. The van der Waals surface area contributed by atoms with Gasteiger partial charge in [0.25, 0.3) is 0 Å². The first-order valence-corrected chi connectivity index (χ1v) is 13.3. The number of aliphatic hydroxyl groups excluding tert-OH is 1. The molecule has 1 amide bonds. The van der Waals surface area contributed by atoms with Crippen molar-refractivity contribution in [3.05, 3.63) is 28.2 Å². The molecule has 0 radical (unpaired) electrons. The van der Waals surface area contributed by atoms with Gasteiger partial charge in [0.2, 0.25) is 5.91 Å². The van der Waals surface area contributed by atoms with Crippen molar-refractivity contribution in [3.63, 3.8) is 0 Å². The number of aliphatic hydroxyl groups is 1. The highest BCUT2D eigenvalue weighted by Gasteiger charge is 2.27. The molecule has 180 valence electrons. The Morgan fingerprint density at radius 3 is 2.50 bits per heavy atom. The van der Waals surface area contributed by atoms with Crippen molar-refractivity contribution in [1.29, 1.82) is 0 Å². The van der Waals surface area contributed by atoms with E-state index in [9.17, 15) is 9.90 Å². The van der Waals surface area contributed by atoms with E-state index in [1.54, 1.807) is 7.11 Å². The third kappa shape index (κ3) is 7.19. The first kappa shape index (κ1) is 25.5. The summed E-state index contributed by atoms with van der Waals surface area (Å²) >= 11 is 3.70. The number of amides is 1. The van der Waals surface area contributed by atoms with Gasteiger partial charge in [0.05, 0.1) is 7.11 Å². The Hall–Kier alpha value is -1.11. The zero-order chi connectivity index (χ0) is 22.9. The smallest absolute Gasteiger partial charge is 0.248 e. The van der Waals surface area contributed by atoms with Crippen LogP contribution in [0.5, 0.6) is 5.75 Å². The number of likely N-dealkylation sites (tertiary alicyclic amines) is 1. The summed E-state index contributed by atoms with van der Waals surface area (Å²) in [6.07, 6.45) is 10.9. The van der Waals surface area contributed by atoms with E-state index in [0.29, 0.717) is 12.6 Å². The van der Waals surface area contributed by atoms with Crippen molar-refractivity contribution in [2.75, 3.05) is 39.9 Å². The molecule has 0 aromatic heterocycles. The van der Waals surface area contributed by atoms with E-state index < -0.39 is 0 Å². The van der Waals surface area contributed by atoms with Crippen molar-refractivity contribution >= 4 is 21.8 Å². The number of carbonyl (C=O) groups is 1. The molecule has 1 saturated heterocycles. The molecular weight excluding hydrogens is 468 g/mol. The van der Waals surface area contributed by atoms with Crippen LogP contribution in [0.3, 0.4) is 0 Å². The Bertz CT molecular complexity index is 713. The van der Waals surface area contributed by atoms with Crippen LogP contribution in [0.4, 0.5) is 0 Å². The van der Waals surface area contributed by atoms with E-state index in [1.807, 2.05) is 17.9 Å². The van der Waals surface area contributed by atoms with Gasteiger partial charge in [0, 0.05) is 17.1 Å². The minimum atomic E-state index is -0.360. The second-order valence-corrected chi connectivity index (χ2v) is 10.5. The quantitative estimate of drug-likeness (QED) is 0.488. The van der Waals surface area contributed by atoms with Crippen LogP contribution < -0.4 is 4.74 Å². The number of rotatable bonds is 10. The largest absolute Gasteiger partial charge is 0.497 e. The lowest BCUT2D eigenvalue weighted by Crippen LogP contribution is -2.43. The predicted molar refractivity (Wildman–Crippen MR) is 133 cm³/mol. The van der Waals surface area contributed by atoms with Gasteiger partial charge in [0.15, 0.2) is 0 Å². The zero-order valence-electron chi connectivity index (χ0n) is 19.9. The monoisotopic (exact) mass is 508 g/mol. The van der Waals surface area contributed by atoms with Crippen LogP contribution in [0.1, 0.15) is 63.9 Å². The summed E-state index contributed by atoms with van der Waals surface area (Å²) in [6.45, 7) is 6.01. The molecule has 0 atom stereocenters. The molecule has 1 aliphatic carbocycles. The summed E-state index contributed by atoms with van der Waals surface area (Å²) in [7, 11) is 1.73. The summed E-state index contributed by atoms with van der Waals surface area (Å²) < 4.78 is 6.59. The number of methoxy groups -OCH3 is 1. The molecule has 1 aromatic carbocycles. The average Bonchev–Trinajstić information content (AvgIpc) is 2.83. The lowest BCUT2D eigenvalue weighted by molar-refractivity contribution is -0.137. The number of piperidine rings is 1. The van der Waals surface area contributed by atoms with E-state index in [4.69, 9.17) is 4.74 Å². The van der Waals surface area contributed by atoms with Gasteiger partial charge in [-0.1, -0.05) is 15.9 Å². The molecule has 1 aromatic rings. The lowest BCUT2D eigenvalue weighted by atomic mass is 9.82. The molecule has 1 saturated carbocycles. The predicted octanol–water partition coefficient (Wildman–Crippen LogP) is 4.89. The number of ether oxygens (including phenoxy) is 1. The molecule has 2 aliphatic rings. The number of halogens is 1. The molecule has 1 heterocycles. The SMILES string of the molecule is CCN(C(=O)CO)C1CCC(CCCN2CCC(Cc3cc(OC)ccc3Br)CC2)CC1. The molecule has 0 bridgehead atoms. The maximum absolute atomic E-state index is 11.9. The fraction of sp³-hybridized carbons (Fsp3) is 0.731. The Labute approximate surface area is 202 Å².